The lowest BCUT2D eigenvalue weighted by atomic mass is 10.00. The molecule has 1 unspecified atom stereocenters. The molecule has 2 heteroatoms. The number of hydrogen-bond acceptors (Lipinski definition) is 2. The summed E-state index contributed by atoms with van der Waals surface area (Å²) in [6, 6.07) is 28.7. The second-order valence-corrected chi connectivity index (χ2v) is 8.19. The van der Waals surface area contributed by atoms with Crippen molar-refractivity contribution in [3.8, 4) is 11.1 Å². The van der Waals surface area contributed by atoms with E-state index < -0.39 is 0 Å². The molecule has 0 aliphatic carbocycles. The lowest BCUT2D eigenvalue weighted by Crippen LogP contribution is -2.30. The molecule has 0 spiro atoms. The molecule has 136 valence electrons. The van der Waals surface area contributed by atoms with E-state index in [0.717, 1.165) is 5.56 Å². The van der Waals surface area contributed by atoms with Crippen molar-refractivity contribution in [3.05, 3.63) is 96.1 Å². The zero-order valence-electron chi connectivity index (χ0n) is 16.1. The van der Waals surface area contributed by atoms with Crippen LogP contribution in [-0.4, -0.2) is 22.3 Å². The molecule has 1 aliphatic heterocycles. The normalized spacial score (nSPS) is 21.7. The van der Waals surface area contributed by atoms with E-state index >= 15 is 0 Å². The minimum absolute atomic E-state index is 0.0577. The van der Waals surface area contributed by atoms with Crippen molar-refractivity contribution in [2.45, 2.75) is 38.4 Å². The molecule has 0 N–H and O–H groups in total. The predicted molar refractivity (Wildman–Crippen MR) is 111 cm³/mol. The van der Waals surface area contributed by atoms with Crippen LogP contribution in [0.3, 0.4) is 0 Å². The largest absolute Gasteiger partial charge is 0.292 e. The lowest BCUT2D eigenvalue weighted by molar-refractivity contribution is 0.0957. The fourth-order valence-corrected chi connectivity index (χ4v) is 3.95. The smallest absolute Gasteiger partial charge is 0.181 e. The minimum atomic E-state index is -0.0880. The van der Waals surface area contributed by atoms with Crippen LogP contribution >= 0.6 is 0 Å². The number of rotatable bonds is 4. The first-order valence-corrected chi connectivity index (χ1v) is 9.50. The van der Waals surface area contributed by atoms with E-state index in [0.29, 0.717) is 0 Å². The molecule has 3 atom stereocenters. The van der Waals surface area contributed by atoms with Crippen LogP contribution in [0.1, 0.15) is 42.7 Å². The van der Waals surface area contributed by atoms with Gasteiger partial charge >= 0.3 is 0 Å². The predicted octanol–water partition coefficient (Wildman–Crippen LogP) is 5.76. The molecule has 2 nitrogen and oxygen atoms in total. The van der Waals surface area contributed by atoms with Gasteiger partial charge in [-0.3, -0.25) is 9.69 Å². The minimum Gasteiger partial charge on any atom is -0.292 e. The van der Waals surface area contributed by atoms with E-state index in [2.05, 4.69) is 74.2 Å². The first kappa shape index (κ1) is 17.7. The van der Waals surface area contributed by atoms with Crippen molar-refractivity contribution in [1.29, 1.82) is 0 Å². The number of benzene rings is 3. The van der Waals surface area contributed by atoms with Gasteiger partial charge in [0.25, 0.3) is 0 Å². The van der Waals surface area contributed by atoms with Crippen molar-refractivity contribution in [3.63, 3.8) is 0 Å². The van der Waals surface area contributed by atoms with E-state index in [4.69, 9.17) is 0 Å². The second-order valence-electron chi connectivity index (χ2n) is 8.19. The van der Waals surface area contributed by atoms with Gasteiger partial charge in [-0.05, 0) is 37.5 Å². The number of Topliss-reactive ketones (excluding diaryl/α,β-unsaturated/α-hetero) is 1. The van der Waals surface area contributed by atoms with Crippen molar-refractivity contribution >= 4 is 5.78 Å². The van der Waals surface area contributed by atoms with E-state index in [9.17, 15) is 4.79 Å². The van der Waals surface area contributed by atoms with E-state index in [1.807, 2.05) is 36.4 Å². The summed E-state index contributed by atoms with van der Waals surface area (Å²) in [6.45, 7) is 6.53. The number of nitrogens with zero attached hydrogens (tertiary/aromatic N) is 1. The average Bonchev–Trinajstić information content (AvgIpc) is 3.45. The SMILES string of the molecule is CC(C)(C)N1[C@@H](C(=O)c2ccccc2)[C@@H]1c1ccc(-c2ccccc2)cc1. The van der Waals surface area contributed by atoms with E-state index in [1.54, 1.807) is 0 Å². The number of ketones is 1. The fraction of sp³-hybridized carbons (Fsp3) is 0.240. The van der Waals surface area contributed by atoms with Crippen molar-refractivity contribution in [1.82, 2.24) is 4.90 Å². The fourth-order valence-electron chi connectivity index (χ4n) is 3.95. The monoisotopic (exact) mass is 355 g/mol. The van der Waals surface area contributed by atoms with E-state index in [-0.39, 0.29) is 23.4 Å². The van der Waals surface area contributed by atoms with Gasteiger partial charge in [0.05, 0.1) is 12.1 Å². The van der Waals surface area contributed by atoms with Crippen molar-refractivity contribution < 1.29 is 4.79 Å². The van der Waals surface area contributed by atoms with Gasteiger partial charge in [-0.25, -0.2) is 0 Å². The zero-order chi connectivity index (χ0) is 19.0. The lowest BCUT2D eigenvalue weighted by Gasteiger charge is -2.22. The molecule has 1 saturated heterocycles. The summed E-state index contributed by atoms with van der Waals surface area (Å²) >= 11 is 0. The highest BCUT2D eigenvalue weighted by atomic mass is 16.1. The summed E-state index contributed by atoms with van der Waals surface area (Å²) in [5, 5.41) is 0. The van der Waals surface area contributed by atoms with Gasteiger partial charge < -0.3 is 0 Å². The van der Waals surface area contributed by atoms with Gasteiger partial charge in [0.2, 0.25) is 0 Å². The Labute approximate surface area is 161 Å². The summed E-state index contributed by atoms with van der Waals surface area (Å²) in [7, 11) is 0. The second kappa shape index (κ2) is 6.79. The van der Waals surface area contributed by atoms with Gasteiger partial charge in [0.15, 0.2) is 5.78 Å². The molecule has 3 aromatic rings. The summed E-state index contributed by atoms with van der Waals surface area (Å²) < 4.78 is 0. The summed E-state index contributed by atoms with van der Waals surface area (Å²) in [6.07, 6.45) is 0. The van der Waals surface area contributed by atoms with Crippen LogP contribution in [0.5, 0.6) is 0 Å². The first-order chi connectivity index (χ1) is 13.0. The first-order valence-electron chi connectivity index (χ1n) is 9.50. The van der Waals surface area contributed by atoms with Crippen LogP contribution in [0.4, 0.5) is 0 Å². The average molecular weight is 355 g/mol. The molecule has 27 heavy (non-hydrogen) atoms. The Balaban J connectivity index is 1.62. The molecule has 0 radical (unpaired) electrons. The molecule has 1 aliphatic rings. The van der Waals surface area contributed by atoms with Gasteiger partial charge in [0, 0.05) is 11.1 Å². The highest BCUT2D eigenvalue weighted by Gasteiger charge is 2.57. The summed E-state index contributed by atoms with van der Waals surface area (Å²) in [4.78, 5) is 15.4. The number of carbonyl (C=O) groups is 1. The molecule has 4 rings (SSSR count). The Kier molecular flexibility index (Phi) is 4.45. The Bertz CT molecular complexity index is 924. The van der Waals surface area contributed by atoms with Crippen LogP contribution in [0.25, 0.3) is 11.1 Å². The third kappa shape index (κ3) is 3.45. The molecule has 0 bridgehead atoms. The highest BCUT2D eigenvalue weighted by Crippen LogP contribution is 2.50. The third-order valence-electron chi connectivity index (χ3n) is 5.27. The maximum Gasteiger partial charge on any atom is 0.181 e. The molecular formula is C25H25NO. The van der Waals surface area contributed by atoms with E-state index in [1.165, 1.54) is 16.7 Å². The number of hydrogen-bond donors (Lipinski definition) is 0. The number of carbonyl (C=O) groups excluding carboxylic acids is 1. The van der Waals surface area contributed by atoms with Crippen LogP contribution in [0, 0.1) is 0 Å². The Morgan fingerprint density at radius 2 is 1.26 bits per heavy atom. The standard InChI is InChI=1S/C25H25NO/c1-25(2,3)26-22(23(26)24(27)21-12-8-5-9-13-21)20-16-14-19(15-17-20)18-10-6-4-7-11-18/h4-17,22-23H,1-3H3/t22-,23+,26?/m0/s1. The third-order valence-corrected chi connectivity index (χ3v) is 5.27. The molecular weight excluding hydrogens is 330 g/mol. The Morgan fingerprint density at radius 1 is 0.741 bits per heavy atom. The molecule has 0 aromatic heterocycles. The maximum atomic E-state index is 13.1. The van der Waals surface area contributed by atoms with Crippen LogP contribution < -0.4 is 0 Å². The van der Waals surface area contributed by atoms with Gasteiger partial charge in [-0.15, -0.1) is 0 Å². The summed E-state index contributed by atoms with van der Waals surface area (Å²) in [5.41, 5.74) is 4.36. The van der Waals surface area contributed by atoms with Crippen LogP contribution in [-0.2, 0) is 0 Å². The Morgan fingerprint density at radius 3 is 1.81 bits per heavy atom. The van der Waals surface area contributed by atoms with Crippen molar-refractivity contribution in [2.75, 3.05) is 0 Å². The highest BCUT2D eigenvalue weighted by molar-refractivity contribution is 6.02. The molecule has 0 saturated carbocycles. The maximum absolute atomic E-state index is 13.1. The summed E-state index contributed by atoms with van der Waals surface area (Å²) in [5.74, 6) is 0.211. The van der Waals surface area contributed by atoms with Crippen LogP contribution in [0.2, 0.25) is 0 Å². The van der Waals surface area contributed by atoms with Gasteiger partial charge in [-0.1, -0.05) is 84.9 Å². The van der Waals surface area contributed by atoms with Crippen molar-refractivity contribution in [2.24, 2.45) is 0 Å². The van der Waals surface area contributed by atoms with Gasteiger partial charge in [0.1, 0.15) is 0 Å². The topological polar surface area (TPSA) is 20.1 Å². The quantitative estimate of drug-likeness (QED) is 0.438. The Hall–Kier alpha value is -2.71. The van der Waals surface area contributed by atoms with Gasteiger partial charge in [-0.2, -0.15) is 0 Å². The molecule has 1 fully saturated rings. The molecule has 3 aromatic carbocycles. The molecule has 1 heterocycles. The van der Waals surface area contributed by atoms with Crippen LogP contribution in [0.15, 0.2) is 84.9 Å². The molecule has 0 amide bonds. The zero-order valence-corrected chi connectivity index (χ0v) is 16.1.